The Kier molecular flexibility index (Phi) is 57.7. The molecule has 0 spiro atoms. The van der Waals surface area contributed by atoms with Crippen molar-refractivity contribution >= 4 is 17.9 Å². The van der Waals surface area contributed by atoms with Crippen LogP contribution in [-0.2, 0) is 28.6 Å². The molecule has 0 aromatic heterocycles. The number of carbonyl (C=O) groups excluding carboxylic acids is 3. The van der Waals surface area contributed by atoms with E-state index < -0.39 is 6.10 Å². The highest BCUT2D eigenvalue weighted by Gasteiger charge is 2.19. The minimum Gasteiger partial charge on any atom is -0.462 e. The highest BCUT2D eigenvalue weighted by atomic mass is 16.6. The van der Waals surface area contributed by atoms with Gasteiger partial charge in [0.1, 0.15) is 13.2 Å². The molecule has 0 aliphatic rings. The molecule has 6 heteroatoms. The van der Waals surface area contributed by atoms with E-state index in [9.17, 15) is 14.4 Å². The summed E-state index contributed by atoms with van der Waals surface area (Å²) in [5.41, 5.74) is 0. The summed E-state index contributed by atoms with van der Waals surface area (Å²) in [5, 5.41) is 0. The predicted octanol–water partition coefficient (Wildman–Crippen LogP) is 21.0. The summed E-state index contributed by atoms with van der Waals surface area (Å²) in [5.74, 6) is -0.871. The lowest BCUT2D eigenvalue weighted by atomic mass is 10.0. The number of rotatable bonds is 57. The van der Waals surface area contributed by atoms with Crippen LogP contribution in [0.3, 0.4) is 0 Å². The molecule has 0 aliphatic heterocycles. The second-order valence-corrected chi connectivity index (χ2v) is 21.0. The molecule has 0 bridgehead atoms. The van der Waals surface area contributed by atoms with Gasteiger partial charge in [0, 0.05) is 19.3 Å². The van der Waals surface area contributed by atoms with Crippen LogP contribution in [0.2, 0.25) is 0 Å². The minimum atomic E-state index is -0.778. The Balaban J connectivity index is 4.35. The molecule has 0 saturated heterocycles. The molecule has 414 valence electrons. The topological polar surface area (TPSA) is 78.9 Å². The summed E-state index contributed by atoms with van der Waals surface area (Å²) in [6, 6.07) is 0. The van der Waals surface area contributed by atoms with E-state index in [2.05, 4.69) is 69.4 Å². The van der Waals surface area contributed by atoms with Crippen LogP contribution in [0.25, 0.3) is 0 Å². The van der Waals surface area contributed by atoms with Crippen LogP contribution in [0.5, 0.6) is 0 Å². The third kappa shape index (κ3) is 58.1. The van der Waals surface area contributed by atoms with Crippen molar-refractivity contribution in [2.75, 3.05) is 13.2 Å². The van der Waals surface area contributed by atoms with Gasteiger partial charge >= 0.3 is 17.9 Å². The zero-order valence-corrected chi connectivity index (χ0v) is 47.5. The maximum atomic E-state index is 12.9. The lowest BCUT2D eigenvalue weighted by Gasteiger charge is -2.18. The quantitative estimate of drug-likeness (QED) is 0.0261. The first-order chi connectivity index (χ1) is 35.0. The van der Waals surface area contributed by atoms with Crippen LogP contribution in [0.4, 0.5) is 0 Å². The molecule has 6 nitrogen and oxygen atoms in total. The Morgan fingerprint density at radius 2 is 0.507 bits per heavy atom. The average molecular weight is 996 g/mol. The van der Waals surface area contributed by atoms with E-state index in [4.69, 9.17) is 14.2 Å². The molecule has 0 rings (SSSR count). The van der Waals surface area contributed by atoms with Gasteiger partial charge in [0.25, 0.3) is 0 Å². The van der Waals surface area contributed by atoms with E-state index in [1.807, 2.05) is 0 Å². The number of ether oxygens (including phenoxy) is 3. The summed E-state index contributed by atoms with van der Waals surface area (Å²) < 4.78 is 16.9. The molecule has 71 heavy (non-hydrogen) atoms. The fraction of sp³-hybridized carbons (Fsp3) is 0.831. The van der Waals surface area contributed by atoms with E-state index in [-0.39, 0.29) is 31.1 Å². The smallest absolute Gasteiger partial charge is 0.306 e. The van der Waals surface area contributed by atoms with Gasteiger partial charge in [-0.3, -0.25) is 14.4 Å². The van der Waals surface area contributed by atoms with Crippen molar-refractivity contribution in [2.45, 2.75) is 335 Å². The highest BCUT2D eigenvalue weighted by molar-refractivity contribution is 5.71. The van der Waals surface area contributed by atoms with E-state index in [1.165, 1.54) is 218 Å². The Morgan fingerprint density at radius 3 is 0.831 bits per heavy atom. The molecule has 0 aromatic carbocycles. The Morgan fingerprint density at radius 1 is 0.282 bits per heavy atom. The van der Waals surface area contributed by atoms with Gasteiger partial charge < -0.3 is 14.2 Å². The summed E-state index contributed by atoms with van der Waals surface area (Å²) in [6.07, 6.45) is 73.9. The molecule has 0 aliphatic carbocycles. The average Bonchev–Trinajstić information content (AvgIpc) is 3.37. The van der Waals surface area contributed by atoms with Crippen molar-refractivity contribution in [3.63, 3.8) is 0 Å². The monoisotopic (exact) mass is 995 g/mol. The van der Waals surface area contributed by atoms with Gasteiger partial charge in [0.05, 0.1) is 0 Å². The maximum absolute atomic E-state index is 12.9. The lowest BCUT2D eigenvalue weighted by molar-refractivity contribution is -0.167. The molecule has 0 aromatic rings. The SMILES string of the molecule is CCCCC/C=C\C/C=C\CCCCCCCCCC(=O)OC[C@H](COC(=O)CCCCCCCCC/C=C\CCCCCC)OC(=O)CCCCCCCCCCCCC/C=C\CCCCCCCC. The van der Waals surface area contributed by atoms with Crippen LogP contribution >= 0.6 is 0 Å². The van der Waals surface area contributed by atoms with Crippen molar-refractivity contribution in [3.05, 3.63) is 48.6 Å². The van der Waals surface area contributed by atoms with Gasteiger partial charge in [-0.25, -0.2) is 0 Å². The van der Waals surface area contributed by atoms with Gasteiger partial charge in [-0.1, -0.05) is 256 Å². The van der Waals surface area contributed by atoms with Crippen molar-refractivity contribution in [2.24, 2.45) is 0 Å². The van der Waals surface area contributed by atoms with E-state index in [0.717, 1.165) is 70.6 Å². The van der Waals surface area contributed by atoms with Gasteiger partial charge in [0.2, 0.25) is 0 Å². The fourth-order valence-corrected chi connectivity index (χ4v) is 9.05. The van der Waals surface area contributed by atoms with Crippen molar-refractivity contribution in [1.82, 2.24) is 0 Å². The molecule has 0 N–H and O–H groups in total. The zero-order chi connectivity index (χ0) is 51.4. The largest absolute Gasteiger partial charge is 0.462 e. The van der Waals surface area contributed by atoms with E-state index >= 15 is 0 Å². The number of hydrogen-bond donors (Lipinski definition) is 0. The van der Waals surface area contributed by atoms with Crippen LogP contribution in [0.1, 0.15) is 329 Å². The van der Waals surface area contributed by atoms with Crippen molar-refractivity contribution < 1.29 is 28.6 Å². The summed E-state index contributed by atoms with van der Waals surface area (Å²) >= 11 is 0. The van der Waals surface area contributed by atoms with Crippen molar-refractivity contribution in [3.8, 4) is 0 Å². The molecule has 0 saturated carbocycles. The third-order valence-electron chi connectivity index (χ3n) is 13.8. The molecular weight excluding hydrogens is 877 g/mol. The number of unbranched alkanes of at least 4 members (excludes halogenated alkanes) is 38. The zero-order valence-electron chi connectivity index (χ0n) is 47.5. The van der Waals surface area contributed by atoms with Crippen LogP contribution in [-0.4, -0.2) is 37.2 Å². The third-order valence-corrected chi connectivity index (χ3v) is 13.8. The van der Waals surface area contributed by atoms with E-state index in [1.54, 1.807) is 0 Å². The molecule has 0 heterocycles. The first kappa shape index (κ1) is 68.4. The van der Waals surface area contributed by atoms with Crippen molar-refractivity contribution in [1.29, 1.82) is 0 Å². The number of esters is 3. The van der Waals surface area contributed by atoms with Crippen LogP contribution in [0.15, 0.2) is 48.6 Å². The molecule has 0 unspecified atom stereocenters. The van der Waals surface area contributed by atoms with Crippen LogP contribution in [0, 0.1) is 0 Å². The fourth-order valence-electron chi connectivity index (χ4n) is 9.05. The highest BCUT2D eigenvalue weighted by Crippen LogP contribution is 2.16. The molecule has 0 amide bonds. The minimum absolute atomic E-state index is 0.0760. The maximum Gasteiger partial charge on any atom is 0.306 e. The summed E-state index contributed by atoms with van der Waals surface area (Å²) in [6.45, 7) is 6.63. The summed E-state index contributed by atoms with van der Waals surface area (Å²) in [7, 11) is 0. The first-order valence-corrected chi connectivity index (χ1v) is 31.1. The Labute approximate surface area is 441 Å². The van der Waals surface area contributed by atoms with Gasteiger partial charge in [-0.05, 0) is 103 Å². The Bertz CT molecular complexity index is 1230. The number of carbonyl (C=O) groups is 3. The predicted molar refractivity (Wildman–Crippen MR) is 307 cm³/mol. The second kappa shape index (κ2) is 59.9. The second-order valence-electron chi connectivity index (χ2n) is 21.0. The number of hydrogen-bond acceptors (Lipinski definition) is 6. The molecule has 0 fully saturated rings. The first-order valence-electron chi connectivity index (χ1n) is 31.1. The molecule has 1 atom stereocenters. The van der Waals surface area contributed by atoms with Gasteiger partial charge in [0.15, 0.2) is 6.10 Å². The van der Waals surface area contributed by atoms with E-state index in [0.29, 0.717) is 19.3 Å². The Hall–Kier alpha value is -2.63. The molecule has 0 radical (unpaired) electrons. The van der Waals surface area contributed by atoms with Gasteiger partial charge in [-0.2, -0.15) is 0 Å². The van der Waals surface area contributed by atoms with Crippen LogP contribution < -0.4 is 0 Å². The standard InChI is InChI=1S/C65H118O6/c1-4-7-10-13-16-19-22-25-28-30-31-32-33-35-38-41-44-47-50-53-56-59-65(68)71-62(60-69-63(66)57-54-51-48-45-42-39-36-27-24-21-18-15-12-9-6-3)61-70-64(67)58-55-52-49-46-43-40-37-34-29-26-23-20-17-14-11-8-5-2/h17,20-21,24-26,28-29,62H,4-16,18-19,22-23,27,30-61H2,1-3H3/b20-17-,24-21-,28-25-,29-26-/t62-/m0/s1. The normalized spacial score (nSPS) is 12.3. The number of allylic oxidation sites excluding steroid dienone is 8. The lowest BCUT2D eigenvalue weighted by Crippen LogP contribution is -2.30. The van der Waals surface area contributed by atoms with Gasteiger partial charge in [-0.15, -0.1) is 0 Å². The summed E-state index contributed by atoms with van der Waals surface area (Å²) in [4.78, 5) is 38.3. The molecular formula is C65H118O6.